The molecule has 0 unspecified atom stereocenters. The zero-order chi connectivity index (χ0) is 9.52. The molecule has 74 valence electrons. The topological polar surface area (TPSA) is 29.9 Å². The van der Waals surface area contributed by atoms with Crippen LogP contribution in [0.25, 0.3) is 0 Å². The molecule has 0 bridgehead atoms. The lowest BCUT2D eigenvalue weighted by molar-refractivity contribution is 0.649. The van der Waals surface area contributed by atoms with Gasteiger partial charge in [-0.3, -0.25) is 0 Å². The number of rotatable bonds is 6. The molecule has 0 aliphatic carbocycles. The van der Waals surface area contributed by atoms with Gasteiger partial charge in [-0.15, -0.1) is 0 Å². The van der Waals surface area contributed by atoms with Crippen molar-refractivity contribution in [2.24, 2.45) is 7.05 Å². The Bertz CT molecular complexity index is 235. The highest BCUT2D eigenvalue weighted by Crippen LogP contribution is 1.94. The van der Waals surface area contributed by atoms with Gasteiger partial charge in [0.1, 0.15) is 5.82 Å². The van der Waals surface area contributed by atoms with Crippen molar-refractivity contribution in [3.63, 3.8) is 0 Å². The molecule has 0 amide bonds. The lowest BCUT2D eigenvalue weighted by Crippen LogP contribution is -2.19. The molecule has 1 aromatic heterocycles. The number of aromatic nitrogens is 2. The van der Waals surface area contributed by atoms with Crippen LogP contribution in [0.2, 0.25) is 0 Å². The largest absolute Gasteiger partial charge is 0.338 e. The van der Waals surface area contributed by atoms with Gasteiger partial charge in [-0.2, -0.15) is 0 Å². The Labute approximate surface area is 93.1 Å². The summed E-state index contributed by atoms with van der Waals surface area (Å²) in [4.78, 5) is 4.26. The van der Waals surface area contributed by atoms with E-state index < -0.39 is 0 Å². The van der Waals surface area contributed by atoms with Crippen LogP contribution < -0.4 is 5.32 Å². The van der Waals surface area contributed by atoms with Gasteiger partial charge in [-0.25, -0.2) is 4.98 Å². The van der Waals surface area contributed by atoms with Gasteiger partial charge in [-0.05, 0) is 13.0 Å². The number of halogens is 1. The molecule has 0 aliphatic heterocycles. The van der Waals surface area contributed by atoms with Crippen molar-refractivity contribution >= 4 is 22.6 Å². The third kappa shape index (κ3) is 4.08. The first kappa shape index (κ1) is 11.0. The number of nitrogens with zero attached hydrogens (tertiary/aromatic N) is 2. The molecule has 0 spiro atoms. The van der Waals surface area contributed by atoms with E-state index in [0.29, 0.717) is 0 Å². The molecule has 4 heteroatoms. The summed E-state index contributed by atoms with van der Waals surface area (Å²) in [6.07, 6.45) is 6.10. The molecule has 1 N–H and O–H groups in total. The molecule has 0 atom stereocenters. The van der Waals surface area contributed by atoms with Gasteiger partial charge in [0.15, 0.2) is 0 Å². The monoisotopic (exact) mass is 293 g/mol. The SMILES string of the molecule is Cn1ccnc1CCNCCCI. The molecule has 1 heterocycles. The molecular formula is C9H16IN3. The smallest absolute Gasteiger partial charge is 0.109 e. The maximum atomic E-state index is 4.26. The zero-order valence-electron chi connectivity index (χ0n) is 7.96. The van der Waals surface area contributed by atoms with Crippen LogP contribution in [0.5, 0.6) is 0 Å². The van der Waals surface area contributed by atoms with E-state index in [1.807, 2.05) is 19.4 Å². The minimum atomic E-state index is 1.02. The summed E-state index contributed by atoms with van der Waals surface area (Å²) in [5.74, 6) is 1.15. The van der Waals surface area contributed by atoms with E-state index in [1.54, 1.807) is 0 Å². The number of alkyl halides is 1. The van der Waals surface area contributed by atoms with Crippen LogP contribution in [0.3, 0.4) is 0 Å². The first-order chi connectivity index (χ1) is 6.34. The standard InChI is InChI=1S/C9H16IN3/c1-13-8-7-12-9(13)3-6-11-5-2-4-10/h7-8,11H,2-6H2,1H3. The summed E-state index contributed by atoms with van der Waals surface area (Å²) in [5.41, 5.74) is 0. The molecule has 0 saturated heterocycles. The van der Waals surface area contributed by atoms with Crippen LogP contribution in [0.1, 0.15) is 12.2 Å². The second-order valence-corrected chi connectivity index (χ2v) is 4.08. The van der Waals surface area contributed by atoms with Crippen LogP contribution in [0.4, 0.5) is 0 Å². The number of nitrogens with one attached hydrogen (secondary N) is 1. The van der Waals surface area contributed by atoms with E-state index in [-0.39, 0.29) is 0 Å². The quantitative estimate of drug-likeness (QED) is 0.488. The number of imidazole rings is 1. The van der Waals surface area contributed by atoms with Crippen LogP contribution in [-0.4, -0.2) is 27.1 Å². The Hall–Kier alpha value is -0.100. The summed E-state index contributed by atoms with van der Waals surface area (Å²) in [7, 11) is 2.03. The molecule has 13 heavy (non-hydrogen) atoms. The third-order valence-electron chi connectivity index (χ3n) is 1.93. The van der Waals surface area contributed by atoms with E-state index in [9.17, 15) is 0 Å². The van der Waals surface area contributed by atoms with Gasteiger partial charge in [0.2, 0.25) is 0 Å². The Morgan fingerprint density at radius 1 is 1.54 bits per heavy atom. The predicted octanol–water partition coefficient (Wildman–Crippen LogP) is 1.38. The molecule has 0 saturated carbocycles. The Morgan fingerprint density at radius 3 is 3.00 bits per heavy atom. The fourth-order valence-corrected chi connectivity index (χ4v) is 1.54. The fraction of sp³-hybridized carbons (Fsp3) is 0.667. The van der Waals surface area contributed by atoms with Crippen LogP contribution >= 0.6 is 22.6 Å². The predicted molar refractivity (Wildman–Crippen MR) is 63.3 cm³/mol. The molecule has 0 aliphatic rings. The highest BCUT2D eigenvalue weighted by Gasteiger charge is 1.97. The number of aryl methyl sites for hydroxylation is 1. The van der Waals surface area contributed by atoms with Crippen molar-refractivity contribution in [1.29, 1.82) is 0 Å². The minimum Gasteiger partial charge on any atom is -0.338 e. The van der Waals surface area contributed by atoms with Gasteiger partial charge in [0, 0.05) is 36.8 Å². The molecule has 1 rings (SSSR count). The first-order valence-electron chi connectivity index (χ1n) is 4.57. The van der Waals surface area contributed by atoms with Gasteiger partial charge in [-0.1, -0.05) is 22.6 Å². The Morgan fingerprint density at radius 2 is 2.38 bits per heavy atom. The molecule has 0 radical (unpaired) electrons. The molecule has 0 fully saturated rings. The van der Waals surface area contributed by atoms with Crippen molar-refractivity contribution in [3.05, 3.63) is 18.2 Å². The van der Waals surface area contributed by atoms with Gasteiger partial charge in [0.05, 0.1) is 0 Å². The van der Waals surface area contributed by atoms with Gasteiger partial charge >= 0.3 is 0 Å². The Balaban J connectivity index is 2.10. The average Bonchev–Trinajstić information content (AvgIpc) is 2.52. The Kier molecular flexibility index (Phi) is 5.38. The van der Waals surface area contributed by atoms with Crippen molar-refractivity contribution in [3.8, 4) is 0 Å². The van der Waals surface area contributed by atoms with Crippen LogP contribution in [-0.2, 0) is 13.5 Å². The molecule has 3 nitrogen and oxygen atoms in total. The molecule has 0 aromatic carbocycles. The maximum Gasteiger partial charge on any atom is 0.109 e. The van der Waals surface area contributed by atoms with Crippen molar-refractivity contribution in [2.75, 3.05) is 17.5 Å². The normalized spacial score (nSPS) is 10.6. The molecule has 1 aromatic rings. The average molecular weight is 293 g/mol. The van der Waals surface area contributed by atoms with E-state index in [1.165, 1.54) is 10.8 Å². The van der Waals surface area contributed by atoms with E-state index >= 15 is 0 Å². The third-order valence-corrected chi connectivity index (χ3v) is 2.70. The molecular weight excluding hydrogens is 277 g/mol. The highest BCUT2D eigenvalue weighted by atomic mass is 127. The van der Waals surface area contributed by atoms with Gasteiger partial charge in [0.25, 0.3) is 0 Å². The van der Waals surface area contributed by atoms with Crippen molar-refractivity contribution in [2.45, 2.75) is 12.8 Å². The minimum absolute atomic E-state index is 1.02. The lowest BCUT2D eigenvalue weighted by Gasteiger charge is -2.03. The van der Waals surface area contributed by atoms with Gasteiger partial charge < -0.3 is 9.88 Å². The fourth-order valence-electron chi connectivity index (χ4n) is 1.15. The zero-order valence-corrected chi connectivity index (χ0v) is 10.1. The highest BCUT2D eigenvalue weighted by molar-refractivity contribution is 14.1. The van der Waals surface area contributed by atoms with Crippen LogP contribution in [0, 0.1) is 0 Å². The first-order valence-corrected chi connectivity index (χ1v) is 6.10. The second-order valence-electron chi connectivity index (χ2n) is 3.00. The lowest BCUT2D eigenvalue weighted by atomic mass is 10.4. The summed E-state index contributed by atoms with van der Waals surface area (Å²) in [6.45, 7) is 2.15. The summed E-state index contributed by atoms with van der Waals surface area (Å²) in [5, 5.41) is 3.39. The number of hydrogen-bond donors (Lipinski definition) is 1. The van der Waals surface area contributed by atoms with Crippen molar-refractivity contribution in [1.82, 2.24) is 14.9 Å². The summed E-state index contributed by atoms with van der Waals surface area (Å²) in [6, 6.07) is 0. The second kappa shape index (κ2) is 6.37. The van der Waals surface area contributed by atoms with Crippen LogP contribution in [0.15, 0.2) is 12.4 Å². The summed E-state index contributed by atoms with van der Waals surface area (Å²) < 4.78 is 3.30. The van der Waals surface area contributed by atoms with E-state index in [0.717, 1.165) is 25.3 Å². The maximum absolute atomic E-state index is 4.26. The summed E-state index contributed by atoms with van der Waals surface area (Å²) >= 11 is 2.40. The van der Waals surface area contributed by atoms with E-state index in [2.05, 4.69) is 37.5 Å². The van der Waals surface area contributed by atoms with E-state index in [4.69, 9.17) is 0 Å². The van der Waals surface area contributed by atoms with Crippen molar-refractivity contribution < 1.29 is 0 Å². The number of hydrogen-bond acceptors (Lipinski definition) is 2.